The molecule has 0 spiro atoms. The van der Waals surface area contributed by atoms with Gasteiger partial charge in [0.15, 0.2) is 0 Å². The lowest BCUT2D eigenvalue weighted by atomic mass is 9.95. The van der Waals surface area contributed by atoms with Crippen LogP contribution in [0.3, 0.4) is 0 Å². The Kier molecular flexibility index (Phi) is 3.95. The molecule has 0 heterocycles. The van der Waals surface area contributed by atoms with E-state index in [-0.39, 0.29) is 12.0 Å². The molecule has 7 heteroatoms. The first-order valence-electron chi connectivity index (χ1n) is 5.11. The number of halogens is 6. The molecule has 0 saturated heterocycles. The van der Waals surface area contributed by atoms with Gasteiger partial charge in [0.25, 0.3) is 0 Å². The quantitative estimate of drug-likeness (QED) is 0.814. The van der Waals surface area contributed by atoms with E-state index in [2.05, 4.69) is 0 Å². The van der Waals surface area contributed by atoms with Crippen molar-refractivity contribution in [2.45, 2.75) is 32.2 Å². The molecule has 0 atom stereocenters. The lowest BCUT2D eigenvalue weighted by Crippen LogP contribution is -2.21. The largest absolute Gasteiger partial charge is 0.417 e. The van der Waals surface area contributed by atoms with Crippen molar-refractivity contribution in [3.63, 3.8) is 0 Å². The highest BCUT2D eigenvalue weighted by molar-refractivity contribution is 5.43. The number of nitrogens with two attached hydrogens (primary N) is 1. The predicted molar refractivity (Wildman–Crippen MR) is 53.7 cm³/mol. The molecule has 0 saturated carbocycles. The smallest absolute Gasteiger partial charge is 0.326 e. The SMILES string of the molecule is CCc1cc(CN)c(C(F)(F)F)c(C(F)(F)F)c1. The van der Waals surface area contributed by atoms with Crippen molar-refractivity contribution in [1.29, 1.82) is 0 Å². The van der Waals surface area contributed by atoms with Gasteiger partial charge in [-0.1, -0.05) is 13.0 Å². The Balaban J connectivity index is 3.64. The Morgan fingerprint density at radius 1 is 1.00 bits per heavy atom. The first-order chi connectivity index (χ1) is 8.11. The van der Waals surface area contributed by atoms with Crippen LogP contribution in [0.25, 0.3) is 0 Å². The molecule has 0 amide bonds. The maximum atomic E-state index is 12.7. The maximum Gasteiger partial charge on any atom is 0.417 e. The molecular weight excluding hydrogens is 260 g/mol. The van der Waals surface area contributed by atoms with Crippen LogP contribution in [-0.4, -0.2) is 0 Å². The van der Waals surface area contributed by atoms with Crippen LogP contribution in [0.15, 0.2) is 12.1 Å². The number of aryl methyl sites for hydroxylation is 1. The summed E-state index contributed by atoms with van der Waals surface area (Å²) in [5.41, 5.74) is 1.40. The molecular formula is C11H11F6N. The van der Waals surface area contributed by atoms with Crippen molar-refractivity contribution < 1.29 is 26.3 Å². The van der Waals surface area contributed by atoms with Gasteiger partial charge in [-0.15, -0.1) is 0 Å². The number of rotatable bonds is 2. The molecule has 102 valence electrons. The highest BCUT2D eigenvalue weighted by Gasteiger charge is 2.44. The predicted octanol–water partition coefficient (Wildman–Crippen LogP) is 3.75. The molecule has 1 nitrogen and oxygen atoms in total. The van der Waals surface area contributed by atoms with Crippen LogP contribution in [0.4, 0.5) is 26.3 Å². The van der Waals surface area contributed by atoms with Crippen LogP contribution in [0.1, 0.15) is 29.2 Å². The van der Waals surface area contributed by atoms with Crippen LogP contribution >= 0.6 is 0 Å². The van der Waals surface area contributed by atoms with Gasteiger partial charge in [-0.25, -0.2) is 0 Å². The first-order valence-corrected chi connectivity index (χ1v) is 5.11. The van der Waals surface area contributed by atoms with Crippen molar-refractivity contribution >= 4 is 0 Å². The Morgan fingerprint density at radius 2 is 1.56 bits per heavy atom. The molecule has 18 heavy (non-hydrogen) atoms. The highest BCUT2D eigenvalue weighted by Crippen LogP contribution is 2.42. The Morgan fingerprint density at radius 3 is 1.89 bits per heavy atom. The number of hydrogen-bond acceptors (Lipinski definition) is 1. The van der Waals surface area contributed by atoms with Crippen molar-refractivity contribution in [1.82, 2.24) is 0 Å². The second-order valence-corrected chi connectivity index (χ2v) is 3.73. The fraction of sp³-hybridized carbons (Fsp3) is 0.455. The maximum absolute atomic E-state index is 12.7. The second-order valence-electron chi connectivity index (χ2n) is 3.73. The zero-order chi connectivity index (χ0) is 14.1. The topological polar surface area (TPSA) is 26.0 Å². The Bertz CT molecular complexity index is 432. The van der Waals surface area contributed by atoms with Gasteiger partial charge in [0.2, 0.25) is 0 Å². The van der Waals surface area contributed by atoms with E-state index in [1.54, 1.807) is 6.92 Å². The summed E-state index contributed by atoms with van der Waals surface area (Å²) in [4.78, 5) is 0. The van der Waals surface area contributed by atoms with Gasteiger partial charge in [0, 0.05) is 6.54 Å². The first kappa shape index (κ1) is 14.8. The van der Waals surface area contributed by atoms with Crippen LogP contribution < -0.4 is 5.73 Å². The minimum absolute atomic E-state index is 0.177. The molecule has 0 aromatic heterocycles. The molecule has 2 N–H and O–H groups in total. The van der Waals surface area contributed by atoms with Crippen LogP contribution in [0, 0.1) is 0 Å². The molecule has 0 aliphatic rings. The summed E-state index contributed by atoms with van der Waals surface area (Å²) < 4.78 is 76.1. The van der Waals surface area contributed by atoms with Gasteiger partial charge < -0.3 is 5.73 Å². The highest BCUT2D eigenvalue weighted by atomic mass is 19.4. The summed E-state index contributed by atoms with van der Waals surface area (Å²) in [6, 6.07) is 1.60. The van der Waals surface area contributed by atoms with Gasteiger partial charge in [0.05, 0.1) is 11.1 Å². The zero-order valence-corrected chi connectivity index (χ0v) is 9.41. The monoisotopic (exact) mass is 271 g/mol. The Labute approximate surface area is 99.6 Å². The van der Waals surface area contributed by atoms with Gasteiger partial charge in [0.1, 0.15) is 0 Å². The zero-order valence-electron chi connectivity index (χ0n) is 9.41. The second kappa shape index (κ2) is 4.79. The summed E-state index contributed by atoms with van der Waals surface area (Å²) in [6.45, 7) is 0.967. The molecule has 0 bridgehead atoms. The Hall–Kier alpha value is -1.24. The molecule has 1 aromatic carbocycles. The normalized spacial score (nSPS) is 12.9. The molecule has 0 aliphatic carbocycles. The van der Waals surface area contributed by atoms with Gasteiger partial charge in [-0.3, -0.25) is 0 Å². The van der Waals surface area contributed by atoms with E-state index in [1.807, 2.05) is 0 Å². The van der Waals surface area contributed by atoms with E-state index < -0.39 is 35.6 Å². The third-order valence-corrected chi connectivity index (χ3v) is 2.50. The summed E-state index contributed by atoms with van der Waals surface area (Å²) >= 11 is 0. The van der Waals surface area contributed by atoms with Crippen molar-refractivity contribution in [3.05, 3.63) is 34.4 Å². The average Bonchev–Trinajstić information content (AvgIpc) is 2.24. The van der Waals surface area contributed by atoms with Crippen molar-refractivity contribution in [2.75, 3.05) is 0 Å². The lowest BCUT2D eigenvalue weighted by Gasteiger charge is -2.20. The van der Waals surface area contributed by atoms with Gasteiger partial charge >= 0.3 is 12.4 Å². The number of benzene rings is 1. The third kappa shape index (κ3) is 2.95. The summed E-state index contributed by atoms with van der Waals surface area (Å²) in [5, 5.41) is 0. The summed E-state index contributed by atoms with van der Waals surface area (Å²) in [5.74, 6) is 0. The van der Waals surface area contributed by atoms with Crippen LogP contribution in [0.5, 0.6) is 0 Å². The molecule has 0 radical (unpaired) electrons. The van der Waals surface area contributed by atoms with Crippen molar-refractivity contribution in [3.8, 4) is 0 Å². The lowest BCUT2D eigenvalue weighted by molar-refractivity contribution is -0.162. The summed E-state index contributed by atoms with van der Waals surface area (Å²) in [7, 11) is 0. The molecule has 0 aliphatic heterocycles. The number of alkyl halides is 6. The van der Waals surface area contributed by atoms with Crippen LogP contribution in [0.2, 0.25) is 0 Å². The van der Waals surface area contributed by atoms with Gasteiger partial charge in [-0.05, 0) is 23.6 Å². The molecule has 1 aromatic rings. The fourth-order valence-corrected chi connectivity index (χ4v) is 1.69. The van der Waals surface area contributed by atoms with E-state index in [0.29, 0.717) is 6.07 Å². The van der Waals surface area contributed by atoms with Gasteiger partial charge in [-0.2, -0.15) is 26.3 Å². The van der Waals surface area contributed by atoms with E-state index in [0.717, 1.165) is 6.07 Å². The van der Waals surface area contributed by atoms with E-state index >= 15 is 0 Å². The molecule has 1 rings (SSSR count). The molecule has 0 fully saturated rings. The van der Waals surface area contributed by atoms with E-state index in [9.17, 15) is 26.3 Å². The standard InChI is InChI=1S/C11H11F6N/c1-2-6-3-7(5-18)9(11(15,16)17)8(4-6)10(12,13)14/h3-4H,2,5,18H2,1H3. The van der Waals surface area contributed by atoms with E-state index in [4.69, 9.17) is 5.73 Å². The molecule has 0 unspecified atom stereocenters. The minimum Gasteiger partial charge on any atom is -0.326 e. The minimum atomic E-state index is -5.08. The number of hydrogen-bond donors (Lipinski definition) is 1. The van der Waals surface area contributed by atoms with Crippen molar-refractivity contribution in [2.24, 2.45) is 5.73 Å². The van der Waals surface area contributed by atoms with E-state index in [1.165, 1.54) is 0 Å². The average molecular weight is 271 g/mol. The third-order valence-electron chi connectivity index (χ3n) is 2.50. The summed E-state index contributed by atoms with van der Waals surface area (Å²) in [6.07, 6.45) is -9.93. The van der Waals surface area contributed by atoms with Crippen LogP contribution in [-0.2, 0) is 25.3 Å². The fourth-order valence-electron chi connectivity index (χ4n) is 1.69.